The fraction of sp³-hybridized carbons (Fsp3) is 0.0500. The number of hydrogen-bond donors (Lipinski definition) is 0. The molecule has 4 aromatic heterocycles. The van der Waals surface area contributed by atoms with Crippen molar-refractivity contribution in [1.82, 2.24) is 39.9 Å². The highest BCUT2D eigenvalue weighted by molar-refractivity contribution is 5.80. The second-order valence-electron chi connectivity index (χ2n) is 11.3. The lowest BCUT2D eigenvalue weighted by Crippen LogP contribution is -2.04. The lowest BCUT2D eigenvalue weighted by Gasteiger charge is -2.16. The van der Waals surface area contributed by atoms with Gasteiger partial charge in [-0.05, 0) is 52.8 Å². The first kappa shape index (κ1) is 28.9. The van der Waals surface area contributed by atoms with Gasteiger partial charge in [0.05, 0.1) is 23.8 Å². The molecular formula is C40H28N8. The van der Waals surface area contributed by atoms with Gasteiger partial charge in [-0.3, -0.25) is 19.9 Å². The van der Waals surface area contributed by atoms with Gasteiger partial charge in [-0.25, -0.2) is 19.9 Å². The Kier molecular flexibility index (Phi) is 7.86. The average molecular weight is 621 g/mol. The SMILES string of the molecule is C1=C(c2ccc(-c3cc(-c4cnccn4)nc(-c4cnccn4)c3)cc2)CCC(c2nc(-c3ccccc3)nc(-c3ccccc3)n2)=C1. The number of rotatable bonds is 7. The van der Waals surface area contributed by atoms with E-state index in [1.165, 1.54) is 11.1 Å². The van der Waals surface area contributed by atoms with Crippen molar-refractivity contribution in [2.24, 2.45) is 0 Å². The molecule has 48 heavy (non-hydrogen) atoms. The minimum absolute atomic E-state index is 0.673. The number of aromatic nitrogens is 8. The van der Waals surface area contributed by atoms with E-state index in [9.17, 15) is 0 Å². The molecule has 8 heteroatoms. The van der Waals surface area contributed by atoms with Crippen molar-refractivity contribution in [3.8, 4) is 56.7 Å². The summed E-state index contributed by atoms with van der Waals surface area (Å²) in [6.45, 7) is 0. The van der Waals surface area contributed by atoms with Crippen LogP contribution in [-0.4, -0.2) is 39.9 Å². The summed E-state index contributed by atoms with van der Waals surface area (Å²) in [6, 6.07) is 32.9. The van der Waals surface area contributed by atoms with Gasteiger partial charge in [0.2, 0.25) is 0 Å². The quantitative estimate of drug-likeness (QED) is 0.175. The maximum Gasteiger partial charge on any atom is 0.164 e. The van der Waals surface area contributed by atoms with E-state index in [2.05, 4.69) is 56.4 Å². The minimum Gasteiger partial charge on any atom is -0.261 e. The molecule has 3 aromatic carbocycles. The predicted molar refractivity (Wildman–Crippen MR) is 188 cm³/mol. The van der Waals surface area contributed by atoms with Gasteiger partial charge in [0.15, 0.2) is 17.5 Å². The van der Waals surface area contributed by atoms with Gasteiger partial charge in [-0.15, -0.1) is 0 Å². The summed E-state index contributed by atoms with van der Waals surface area (Å²) in [5, 5.41) is 0. The van der Waals surface area contributed by atoms with E-state index in [-0.39, 0.29) is 0 Å². The summed E-state index contributed by atoms with van der Waals surface area (Å²) in [5.41, 5.74) is 10.4. The van der Waals surface area contributed by atoms with Gasteiger partial charge in [0.25, 0.3) is 0 Å². The fourth-order valence-electron chi connectivity index (χ4n) is 5.72. The number of pyridine rings is 1. The molecular weight excluding hydrogens is 592 g/mol. The Morgan fingerprint density at radius 3 is 1.38 bits per heavy atom. The van der Waals surface area contributed by atoms with Crippen molar-refractivity contribution in [3.05, 3.63) is 158 Å². The van der Waals surface area contributed by atoms with Crippen LogP contribution in [0.4, 0.5) is 0 Å². The largest absolute Gasteiger partial charge is 0.261 e. The van der Waals surface area contributed by atoms with Crippen molar-refractivity contribution in [2.45, 2.75) is 12.8 Å². The van der Waals surface area contributed by atoms with Gasteiger partial charge in [0, 0.05) is 35.9 Å². The van der Waals surface area contributed by atoms with Gasteiger partial charge in [-0.1, -0.05) is 97.1 Å². The van der Waals surface area contributed by atoms with Crippen molar-refractivity contribution < 1.29 is 0 Å². The predicted octanol–water partition coefficient (Wildman–Crippen LogP) is 8.44. The highest BCUT2D eigenvalue weighted by atomic mass is 15.0. The Morgan fingerprint density at radius 1 is 0.375 bits per heavy atom. The zero-order valence-electron chi connectivity index (χ0n) is 25.8. The Balaban J connectivity index is 1.10. The molecule has 8 nitrogen and oxygen atoms in total. The summed E-state index contributed by atoms with van der Waals surface area (Å²) in [7, 11) is 0. The molecule has 0 fully saturated rings. The maximum atomic E-state index is 4.91. The Labute approximate surface area is 277 Å². The summed E-state index contributed by atoms with van der Waals surface area (Å²) >= 11 is 0. The van der Waals surface area contributed by atoms with Crippen LogP contribution >= 0.6 is 0 Å². The lowest BCUT2D eigenvalue weighted by atomic mass is 9.91. The van der Waals surface area contributed by atoms with Gasteiger partial charge >= 0.3 is 0 Å². The van der Waals surface area contributed by atoms with Crippen LogP contribution < -0.4 is 0 Å². The van der Waals surface area contributed by atoms with E-state index < -0.39 is 0 Å². The van der Waals surface area contributed by atoms with E-state index in [0.717, 1.165) is 52.1 Å². The molecule has 0 saturated heterocycles. The van der Waals surface area contributed by atoms with Crippen LogP contribution in [0, 0.1) is 0 Å². The molecule has 0 bridgehead atoms. The third-order valence-electron chi connectivity index (χ3n) is 8.20. The number of hydrogen-bond acceptors (Lipinski definition) is 8. The third-order valence-corrected chi connectivity index (χ3v) is 8.20. The molecule has 0 radical (unpaired) electrons. The van der Waals surface area contributed by atoms with E-state index in [0.29, 0.717) is 28.9 Å². The van der Waals surface area contributed by atoms with Crippen molar-refractivity contribution in [3.63, 3.8) is 0 Å². The third kappa shape index (κ3) is 6.15. The van der Waals surface area contributed by atoms with Crippen LogP contribution in [0.25, 0.3) is 67.8 Å². The van der Waals surface area contributed by atoms with Crippen molar-refractivity contribution in [2.75, 3.05) is 0 Å². The highest BCUT2D eigenvalue weighted by Gasteiger charge is 2.17. The summed E-state index contributed by atoms with van der Waals surface area (Å²) in [6.07, 6.45) is 16.1. The van der Waals surface area contributed by atoms with E-state index in [1.807, 2.05) is 72.8 Å². The standard InChI is InChI=1S/C40H28N8/c1-3-7-30(8-4-1)38-46-39(31-9-5-2-6-10-31)48-40(47-38)32-17-15-28(16-18-32)27-11-13-29(14-12-27)33-23-34(36-25-41-19-21-43-36)45-35(24-33)37-26-42-20-22-44-37/h1-15,17,19-26H,16,18H2. The second-order valence-corrected chi connectivity index (χ2v) is 11.3. The first-order valence-corrected chi connectivity index (χ1v) is 15.7. The van der Waals surface area contributed by atoms with E-state index >= 15 is 0 Å². The fourth-order valence-corrected chi connectivity index (χ4v) is 5.72. The van der Waals surface area contributed by atoms with Crippen LogP contribution in [0.1, 0.15) is 24.2 Å². The van der Waals surface area contributed by atoms with Crippen LogP contribution in [0.15, 0.2) is 146 Å². The van der Waals surface area contributed by atoms with E-state index in [4.69, 9.17) is 19.9 Å². The second kappa shape index (κ2) is 13.1. The smallest absolute Gasteiger partial charge is 0.164 e. The molecule has 0 N–H and O–H groups in total. The number of allylic oxidation sites excluding steroid dienone is 4. The first-order chi connectivity index (χ1) is 23.8. The van der Waals surface area contributed by atoms with Crippen LogP contribution in [-0.2, 0) is 0 Å². The van der Waals surface area contributed by atoms with Crippen LogP contribution in [0.2, 0.25) is 0 Å². The summed E-state index contributed by atoms with van der Waals surface area (Å²) in [4.78, 5) is 36.9. The Bertz CT molecular complexity index is 2140. The zero-order chi connectivity index (χ0) is 32.1. The monoisotopic (exact) mass is 620 g/mol. The lowest BCUT2D eigenvalue weighted by molar-refractivity contribution is 0.985. The van der Waals surface area contributed by atoms with Gasteiger partial charge < -0.3 is 0 Å². The van der Waals surface area contributed by atoms with Gasteiger partial charge in [-0.2, -0.15) is 0 Å². The number of benzene rings is 3. The van der Waals surface area contributed by atoms with Gasteiger partial charge in [0.1, 0.15) is 11.4 Å². The molecule has 0 aliphatic heterocycles. The molecule has 1 aliphatic carbocycles. The molecule has 7 aromatic rings. The molecule has 0 atom stereocenters. The molecule has 4 heterocycles. The van der Waals surface area contributed by atoms with Crippen LogP contribution in [0.3, 0.4) is 0 Å². The zero-order valence-corrected chi connectivity index (χ0v) is 25.8. The summed E-state index contributed by atoms with van der Waals surface area (Å²) < 4.78 is 0. The molecule has 228 valence electrons. The average Bonchev–Trinajstić information content (AvgIpc) is 3.19. The molecule has 0 unspecified atom stereocenters. The van der Waals surface area contributed by atoms with Crippen LogP contribution in [0.5, 0.6) is 0 Å². The molecule has 0 saturated carbocycles. The first-order valence-electron chi connectivity index (χ1n) is 15.7. The highest BCUT2D eigenvalue weighted by Crippen LogP contribution is 2.34. The summed E-state index contributed by atoms with van der Waals surface area (Å²) in [5.74, 6) is 2.06. The Hall–Kier alpha value is -6.54. The molecule has 8 rings (SSSR count). The van der Waals surface area contributed by atoms with Crippen molar-refractivity contribution >= 4 is 11.1 Å². The molecule has 0 amide bonds. The molecule has 0 spiro atoms. The van der Waals surface area contributed by atoms with E-state index in [1.54, 1.807) is 37.2 Å². The number of nitrogens with zero attached hydrogens (tertiary/aromatic N) is 8. The normalized spacial score (nSPS) is 12.7. The van der Waals surface area contributed by atoms with Crippen molar-refractivity contribution in [1.29, 1.82) is 0 Å². The topological polar surface area (TPSA) is 103 Å². The maximum absolute atomic E-state index is 4.91. The minimum atomic E-state index is 0.673. The Morgan fingerprint density at radius 2 is 0.875 bits per heavy atom. The molecule has 1 aliphatic rings.